The molecule has 1 aromatic heterocycles. The van der Waals surface area contributed by atoms with Gasteiger partial charge in [0.2, 0.25) is 11.8 Å². The summed E-state index contributed by atoms with van der Waals surface area (Å²) in [5.74, 6) is -0.285. The summed E-state index contributed by atoms with van der Waals surface area (Å²) in [4.78, 5) is 23.0. The maximum atomic E-state index is 11.6. The van der Waals surface area contributed by atoms with Crippen LogP contribution in [0.25, 0.3) is 0 Å². The van der Waals surface area contributed by atoms with Crippen molar-refractivity contribution in [2.75, 3.05) is 10.6 Å². The van der Waals surface area contributed by atoms with E-state index in [1.54, 1.807) is 24.3 Å². The lowest BCUT2D eigenvalue weighted by molar-refractivity contribution is -0.123. The predicted molar refractivity (Wildman–Crippen MR) is 75.8 cm³/mol. The molecule has 0 aliphatic carbocycles. The maximum Gasteiger partial charge on any atom is 0.233 e. The summed E-state index contributed by atoms with van der Waals surface area (Å²) < 4.78 is 5.28. The second-order valence-electron chi connectivity index (χ2n) is 4.95. The first-order chi connectivity index (χ1) is 10.0. The highest BCUT2D eigenvalue weighted by molar-refractivity contribution is 6.13. The van der Waals surface area contributed by atoms with Gasteiger partial charge in [0.25, 0.3) is 0 Å². The standard InChI is InChI=1S/C15H14N2O4/c1-8-4-5-21-15(8)14(20)9-2-3-10-11(6-9)17-13(19)7-12(18)16-10/h2-6,14,20H,7H2,1H3,(H,16,18)(H,17,19). The van der Waals surface area contributed by atoms with Crippen molar-refractivity contribution < 1.29 is 19.1 Å². The number of furan rings is 1. The molecule has 21 heavy (non-hydrogen) atoms. The van der Waals surface area contributed by atoms with Crippen molar-refractivity contribution in [1.29, 1.82) is 0 Å². The van der Waals surface area contributed by atoms with E-state index < -0.39 is 6.10 Å². The lowest BCUT2D eigenvalue weighted by atomic mass is 10.0. The fourth-order valence-corrected chi connectivity index (χ4v) is 2.29. The molecule has 3 rings (SSSR count). The van der Waals surface area contributed by atoms with Crippen molar-refractivity contribution in [3.63, 3.8) is 0 Å². The Labute approximate surface area is 120 Å². The van der Waals surface area contributed by atoms with Crippen LogP contribution in [0.1, 0.15) is 29.4 Å². The van der Waals surface area contributed by atoms with Crippen molar-refractivity contribution in [2.24, 2.45) is 0 Å². The fourth-order valence-electron chi connectivity index (χ4n) is 2.29. The van der Waals surface area contributed by atoms with Crippen LogP contribution in [0.15, 0.2) is 34.9 Å². The highest BCUT2D eigenvalue weighted by Gasteiger charge is 2.21. The number of anilines is 2. The summed E-state index contributed by atoms with van der Waals surface area (Å²) in [6.07, 6.45) is 0.365. The SMILES string of the molecule is Cc1ccoc1C(O)c1ccc2c(c1)NC(=O)CC(=O)N2. The van der Waals surface area contributed by atoms with E-state index in [2.05, 4.69) is 10.6 Å². The van der Waals surface area contributed by atoms with Crippen molar-refractivity contribution in [3.05, 3.63) is 47.4 Å². The molecule has 3 N–H and O–H groups in total. The Morgan fingerprint density at radius 1 is 1.14 bits per heavy atom. The average Bonchev–Trinajstić information content (AvgIpc) is 2.79. The Bertz CT molecular complexity index is 720. The van der Waals surface area contributed by atoms with Crippen molar-refractivity contribution in [2.45, 2.75) is 19.4 Å². The molecule has 0 saturated carbocycles. The van der Waals surface area contributed by atoms with Crippen LogP contribution in [-0.2, 0) is 9.59 Å². The molecule has 1 aromatic carbocycles. The van der Waals surface area contributed by atoms with Gasteiger partial charge in [-0.05, 0) is 36.2 Å². The zero-order valence-electron chi connectivity index (χ0n) is 11.3. The van der Waals surface area contributed by atoms with E-state index in [0.717, 1.165) is 5.56 Å². The third-order valence-electron chi connectivity index (χ3n) is 3.38. The smallest absolute Gasteiger partial charge is 0.233 e. The maximum absolute atomic E-state index is 11.6. The number of amides is 2. The zero-order valence-corrected chi connectivity index (χ0v) is 11.3. The summed E-state index contributed by atoms with van der Waals surface area (Å²) in [5, 5.41) is 15.6. The van der Waals surface area contributed by atoms with Crippen LogP contribution in [0.4, 0.5) is 11.4 Å². The number of benzene rings is 1. The quantitative estimate of drug-likeness (QED) is 0.736. The normalized spacial score (nSPS) is 15.7. The molecular formula is C15H14N2O4. The molecule has 0 saturated heterocycles. The van der Waals surface area contributed by atoms with Crippen LogP contribution in [0.5, 0.6) is 0 Å². The van der Waals surface area contributed by atoms with E-state index >= 15 is 0 Å². The number of aryl methyl sites for hydroxylation is 1. The van der Waals surface area contributed by atoms with Gasteiger partial charge in [-0.2, -0.15) is 0 Å². The molecule has 0 bridgehead atoms. The lowest BCUT2D eigenvalue weighted by Gasteiger charge is -2.13. The number of hydrogen-bond donors (Lipinski definition) is 3. The predicted octanol–water partition coefficient (Wildman–Crippen LogP) is 1.95. The molecule has 108 valence electrons. The first-order valence-electron chi connectivity index (χ1n) is 6.50. The van der Waals surface area contributed by atoms with E-state index in [4.69, 9.17) is 4.42 Å². The van der Waals surface area contributed by atoms with Crippen LogP contribution in [0, 0.1) is 6.92 Å². The molecule has 6 heteroatoms. The summed E-state index contributed by atoms with van der Waals surface area (Å²) in [5.41, 5.74) is 2.39. The topological polar surface area (TPSA) is 91.6 Å². The molecular weight excluding hydrogens is 272 g/mol. The highest BCUT2D eigenvalue weighted by Crippen LogP contribution is 2.32. The molecule has 1 unspecified atom stereocenters. The number of fused-ring (bicyclic) bond motifs is 1. The van der Waals surface area contributed by atoms with Gasteiger partial charge in [-0.1, -0.05) is 6.07 Å². The second-order valence-corrected chi connectivity index (χ2v) is 4.95. The minimum Gasteiger partial charge on any atom is -0.466 e. The van der Waals surface area contributed by atoms with E-state index in [9.17, 15) is 14.7 Å². The van der Waals surface area contributed by atoms with Gasteiger partial charge < -0.3 is 20.2 Å². The molecule has 0 spiro atoms. The monoisotopic (exact) mass is 286 g/mol. The average molecular weight is 286 g/mol. The van der Waals surface area contributed by atoms with Gasteiger partial charge in [0.05, 0.1) is 17.6 Å². The fraction of sp³-hybridized carbons (Fsp3) is 0.200. The number of aliphatic hydroxyl groups excluding tert-OH is 1. The van der Waals surface area contributed by atoms with Gasteiger partial charge in [-0.15, -0.1) is 0 Å². The number of hydrogen-bond acceptors (Lipinski definition) is 4. The molecule has 2 amide bonds. The van der Waals surface area contributed by atoms with E-state index in [1.165, 1.54) is 6.26 Å². The molecule has 6 nitrogen and oxygen atoms in total. The third kappa shape index (κ3) is 2.53. The van der Waals surface area contributed by atoms with Gasteiger partial charge in [0.1, 0.15) is 18.3 Å². The lowest BCUT2D eigenvalue weighted by Crippen LogP contribution is -2.16. The van der Waals surface area contributed by atoms with E-state index in [-0.39, 0.29) is 18.2 Å². The molecule has 0 fully saturated rings. The van der Waals surface area contributed by atoms with Crippen LogP contribution in [-0.4, -0.2) is 16.9 Å². The highest BCUT2D eigenvalue weighted by atomic mass is 16.4. The Balaban J connectivity index is 1.98. The Morgan fingerprint density at radius 3 is 2.52 bits per heavy atom. The minimum absolute atomic E-state index is 0.218. The Hall–Kier alpha value is -2.60. The van der Waals surface area contributed by atoms with E-state index in [0.29, 0.717) is 22.7 Å². The second kappa shape index (κ2) is 5.06. The van der Waals surface area contributed by atoms with Gasteiger partial charge in [-0.3, -0.25) is 9.59 Å². The first kappa shape index (κ1) is 13.4. The largest absolute Gasteiger partial charge is 0.466 e. The van der Waals surface area contributed by atoms with Crippen molar-refractivity contribution >= 4 is 23.2 Å². The molecule has 1 aliphatic heterocycles. The Morgan fingerprint density at radius 2 is 1.86 bits per heavy atom. The van der Waals surface area contributed by atoms with Crippen LogP contribution >= 0.6 is 0 Å². The molecule has 0 radical (unpaired) electrons. The van der Waals surface area contributed by atoms with Gasteiger partial charge in [0.15, 0.2) is 0 Å². The van der Waals surface area contributed by atoms with Crippen LogP contribution in [0.3, 0.4) is 0 Å². The number of carbonyl (C=O) groups excluding carboxylic acids is 2. The number of carbonyl (C=O) groups is 2. The number of aliphatic hydroxyl groups is 1. The van der Waals surface area contributed by atoms with Gasteiger partial charge in [0, 0.05) is 0 Å². The summed E-state index contributed by atoms with van der Waals surface area (Å²) in [6.45, 7) is 1.84. The van der Waals surface area contributed by atoms with E-state index in [1.807, 2.05) is 6.92 Å². The summed E-state index contributed by atoms with van der Waals surface area (Å²) in [6, 6.07) is 6.73. The number of rotatable bonds is 2. The molecule has 1 atom stereocenters. The molecule has 2 aromatic rings. The van der Waals surface area contributed by atoms with Crippen LogP contribution < -0.4 is 10.6 Å². The Kier molecular flexibility index (Phi) is 3.23. The third-order valence-corrected chi connectivity index (χ3v) is 3.38. The first-order valence-corrected chi connectivity index (χ1v) is 6.50. The van der Waals surface area contributed by atoms with Crippen molar-refractivity contribution in [1.82, 2.24) is 0 Å². The van der Waals surface area contributed by atoms with Gasteiger partial charge in [-0.25, -0.2) is 0 Å². The molecule has 1 aliphatic rings. The summed E-state index contributed by atoms with van der Waals surface area (Å²) >= 11 is 0. The minimum atomic E-state index is -0.929. The van der Waals surface area contributed by atoms with Gasteiger partial charge >= 0.3 is 0 Å². The van der Waals surface area contributed by atoms with Crippen molar-refractivity contribution in [3.8, 4) is 0 Å². The molecule has 2 heterocycles. The zero-order chi connectivity index (χ0) is 15.0. The summed E-state index contributed by atoms with van der Waals surface area (Å²) in [7, 11) is 0. The van der Waals surface area contributed by atoms with Crippen LogP contribution in [0.2, 0.25) is 0 Å². The number of nitrogens with one attached hydrogen (secondary N) is 2.